The van der Waals surface area contributed by atoms with Crippen LogP contribution in [-0.2, 0) is 6.42 Å². The standard InChI is InChI=1S/C29H36FN3O2/c1-19-17-27(20(2)21(3)28(19)31)35-29(22(4)34)33-15-13-32(14-16-33)26-11-7-24(8-12-26)18-23-5-9-25(30)10-6-23/h5-12,17,22,29,34H,13-16,18,31H2,1-4H3. The molecule has 2 atom stereocenters. The predicted octanol–water partition coefficient (Wildman–Crippen LogP) is 4.83. The van der Waals surface area contributed by atoms with Gasteiger partial charge in [0.15, 0.2) is 6.23 Å². The molecule has 0 aromatic heterocycles. The van der Waals surface area contributed by atoms with Gasteiger partial charge in [0.05, 0.1) is 0 Å². The summed E-state index contributed by atoms with van der Waals surface area (Å²) in [4.78, 5) is 4.57. The highest BCUT2D eigenvalue weighted by atomic mass is 19.1. The van der Waals surface area contributed by atoms with Crippen molar-refractivity contribution < 1.29 is 14.2 Å². The van der Waals surface area contributed by atoms with Gasteiger partial charge in [-0.15, -0.1) is 0 Å². The van der Waals surface area contributed by atoms with Crippen LogP contribution in [0.3, 0.4) is 0 Å². The van der Waals surface area contributed by atoms with Crippen LogP contribution in [0, 0.1) is 26.6 Å². The van der Waals surface area contributed by atoms with Gasteiger partial charge in [-0.3, -0.25) is 4.90 Å². The van der Waals surface area contributed by atoms with Crippen molar-refractivity contribution in [3.8, 4) is 5.75 Å². The number of aliphatic hydroxyl groups is 1. The number of piperazine rings is 1. The van der Waals surface area contributed by atoms with E-state index in [0.29, 0.717) is 0 Å². The van der Waals surface area contributed by atoms with Crippen molar-refractivity contribution in [1.82, 2.24) is 4.90 Å². The normalized spacial score (nSPS) is 16.2. The smallest absolute Gasteiger partial charge is 0.178 e. The van der Waals surface area contributed by atoms with E-state index < -0.39 is 12.3 Å². The third-order valence-electron chi connectivity index (χ3n) is 7.07. The molecule has 0 spiro atoms. The third-order valence-corrected chi connectivity index (χ3v) is 7.07. The summed E-state index contributed by atoms with van der Waals surface area (Å²) in [5, 5.41) is 10.5. The molecule has 0 aliphatic carbocycles. The zero-order valence-electron chi connectivity index (χ0n) is 21.1. The average molecular weight is 478 g/mol. The lowest BCUT2D eigenvalue weighted by molar-refractivity contribution is -0.0605. The van der Waals surface area contributed by atoms with Crippen molar-refractivity contribution in [2.24, 2.45) is 0 Å². The minimum atomic E-state index is -0.634. The van der Waals surface area contributed by atoms with Gasteiger partial charge in [0, 0.05) is 37.6 Å². The Morgan fingerprint density at radius 1 is 0.914 bits per heavy atom. The number of aryl methyl sites for hydroxylation is 1. The quantitative estimate of drug-likeness (QED) is 0.477. The van der Waals surface area contributed by atoms with Gasteiger partial charge < -0.3 is 20.5 Å². The fourth-order valence-corrected chi connectivity index (χ4v) is 4.69. The Hall–Kier alpha value is -3.09. The fourth-order valence-electron chi connectivity index (χ4n) is 4.69. The molecule has 0 amide bonds. The van der Waals surface area contributed by atoms with Crippen molar-refractivity contribution >= 4 is 11.4 Å². The molecule has 1 fully saturated rings. The number of anilines is 2. The van der Waals surface area contributed by atoms with E-state index in [1.54, 1.807) is 6.92 Å². The van der Waals surface area contributed by atoms with E-state index in [9.17, 15) is 9.50 Å². The number of hydrogen-bond acceptors (Lipinski definition) is 5. The molecule has 3 N–H and O–H groups in total. The molecule has 5 nitrogen and oxygen atoms in total. The van der Waals surface area contributed by atoms with Crippen LogP contribution < -0.4 is 15.4 Å². The number of rotatable bonds is 7. The highest BCUT2D eigenvalue weighted by Gasteiger charge is 2.29. The van der Waals surface area contributed by atoms with E-state index in [2.05, 4.69) is 34.1 Å². The van der Waals surface area contributed by atoms with Gasteiger partial charge in [0.2, 0.25) is 0 Å². The largest absolute Gasteiger partial charge is 0.472 e. The van der Waals surface area contributed by atoms with E-state index in [0.717, 1.165) is 66.3 Å². The molecule has 0 saturated carbocycles. The number of halogens is 1. The Bertz CT molecular complexity index is 1140. The first-order valence-electron chi connectivity index (χ1n) is 12.3. The summed E-state index contributed by atoms with van der Waals surface area (Å²) < 4.78 is 19.5. The maximum Gasteiger partial charge on any atom is 0.178 e. The molecule has 2 unspecified atom stereocenters. The summed E-state index contributed by atoms with van der Waals surface area (Å²) in [6, 6.07) is 17.2. The average Bonchev–Trinajstić information content (AvgIpc) is 2.86. The van der Waals surface area contributed by atoms with Crippen molar-refractivity contribution in [3.05, 3.63) is 88.2 Å². The SMILES string of the molecule is Cc1cc(OC(C(C)O)N2CCN(c3ccc(Cc4ccc(F)cc4)cc3)CC2)c(C)c(C)c1N. The zero-order chi connectivity index (χ0) is 25.1. The molecule has 6 heteroatoms. The van der Waals surface area contributed by atoms with Crippen LogP contribution in [0.2, 0.25) is 0 Å². The summed E-state index contributed by atoms with van der Waals surface area (Å²) in [6.07, 6.45) is -0.271. The lowest BCUT2D eigenvalue weighted by Gasteiger charge is -2.41. The second-order valence-electron chi connectivity index (χ2n) is 9.60. The Kier molecular flexibility index (Phi) is 7.63. The van der Waals surface area contributed by atoms with Crippen LogP contribution in [-0.4, -0.2) is 48.5 Å². The molecular weight excluding hydrogens is 441 g/mol. The van der Waals surface area contributed by atoms with Gasteiger partial charge in [-0.2, -0.15) is 0 Å². The van der Waals surface area contributed by atoms with Gasteiger partial charge in [-0.1, -0.05) is 24.3 Å². The second-order valence-corrected chi connectivity index (χ2v) is 9.60. The Morgan fingerprint density at radius 2 is 1.49 bits per heavy atom. The minimum Gasteiger partial charge on any atom is -0.472 e. The highest BCUT2D eigenvalue weighted by molar-refractivity contribution is 5.60. The van der Waals surface area contributed by atoms with E-state index in [4.69, 9.17) is 10.5 Å². The van der Waals surface area contributed by atoms with Gasteiger partial charge in [0.1, 0.15) is 17.7 Å². The lowest BCUT2D eigenvalue weighted by atomic mass is 10.0. The van der Waals surface area contributed by atoms with E-state index >= 15 is 0 Å². The first kappa shape index (κ1) is 25.0. The number of benzene rings is 3. The monoisotopic (exact) mass is 477 g/mol. The van der Waals surface area contributed by atoms with Gasteiger partial charge in [-0.05, 0) is 92.3 Å². The number of nitrogen functional groups attached to an aromatic ring is 1. The maximum absolute atomic E-state index is 13.1. The minimum absolute atomic E-state index is 0.208. The van der Waals surface area contributed by atoms with Crippen molar-refractivity contribution in [2.45, 2.75) is 46.4 Å². The van der Waals surface area contributed by atoms with Crippen molar-refractivity contribution in [3.63, 3.8) is 0 Å². The Balaban J connectivity index is 1.38. The second kappa shape index (κ2) is 10.7. The summed E-state index contributed by atoms with van der Waals surface area (Å²) >= 11 is 0. The fraction of sp³-hybridized carbons (Fsp3) is 0.379. The number of hydrogen-bond donors (Lipinski definition) is 2. The number of nitrogens with zero attached hydrogens (tertiary/aromatic N) is 2. The number of ether oxygens (including phenoxy) is 1. The van der Waals surface area contributed by atoms with Gasteiger partial charge in [-0.25, -0.2) is 4.39 Å². The molecule has 0 radical (unpaired) electrons. The Morgan fingerprint density at radius 3 is 2.06 bits per heavy atom. The summed E-state index contributed by atoms with van der Waals surface area (Å²) in [5.74, 6) is 0.569. The molecule has 186 valence electrons. The molecule has 3 aromatic carbocycles. The molecule has 35 heavy (non-hydrogen) atoms. The number of nitrogens with two attached hydrogens (primary N) is 1. The van der Waals surface area contributed by atoms with E-state index in [1.165, 1.54) is 23.4 Å². The molecule has 1 aliphatic heterocycles. The van der Waals surface area contributed by atoms with E-state index in [1.807, 2.05) is 39.0 Å². The molecule has 1 heterocycles. The Labute approximate surface area is 207 Å². The molecule has 3 aromatic rings. The molecule has 0 bridgehead atoms. The molecule has 1 aliphatic rings. The predicted molar refractivity (Wildman–Crippen MR) is 141 cm³/mol. The summed E-state index contributed by atoms with van der Waals surface area (Å²) in [5.41, 5.74) is 13.5. The highest BCUT2D eigenvalue weighted by Crippen LogP contribution is 2.31. The van der Waals surface area contributed by atoms with Gasteiger partial charge in [0.25, 0.3) is 0 Å². The van der Waals surface area contributed by atoms with E-state index in [-0.39, 0.29) is 5.82 Å². The van der Waals surface area contributed by atoms with Gasteiger partial charge >= 0.3 is 0 Å². The van der Waals surface area contributed by atoms with Crippen LogP contribution in [0.1, 0.15) is 34.7 Å². The summed E-state index contributed by atoms with van der Waals surface area (Å²) in [6.45, 7) is 11.1. The first-order chi connectivity index (χ1) is 16.7. The van der Waals surface area contributed by atoms with Crippen molar-refractivity contribution in [1.29, 1.82) is 0 Å². The van der Waals surface area contributed by atoms with Crippen LogP contribution >= 0.6 is 0 Å². The zero-order valence-corrected chi connectivity index (χ0v) is 21.1. The molecule has 4 rings (SSSR count). The number of aliphatic hydroxyl groups excluding tert-OH is 1. The first-order valence-corrected chi connectivity index (χ1v) is 12.3. The third kappa shape index (κ3) is 5.77. The maximum atomic E-state index is 13.1. The molecular formula is C29H36FN3O2. The molecule has 1 saturated heterocycles. The van der Waals surface area contributed by atoms with Crippen molar-refractivity contribution in [2.75, 3.05) is 36.8 Å². The lowest BCUT2D eigenvalue weighted by Crippen LogP contribution is -2.55. The van der Waals surface area contributed by atoms with Crippen LogP contribution in [0.4, 0.5) is 15.8 Å². The van der Waals surface area contributed by atoms with Crippen LogP contribution in [0.25, 0.3) is 0 Å². The van der Waals surface area contributed by atoms with Crippen LogP contribution in [0.15, 0.2) is 54.6 Å². The van der Waals surface area contributed by atoms with Crippen LogP contribution in [0.5, 0.6) is 5.75 Å². The topological polar surface area (TPSA) is 62.0 Å². The summed E-state index contributed by atoms with van der Waals surface area (Å²) in [7, 11) is 0.